The minimum absolute atomic E-state index is 0.358. The van der Waals surface area contributed by atoms with Gasteiger partial charge in [-0.1, -0.05) is 5.16 Å². The highest BCUT2D eigenvalue weighted by atomic mass is 79.9. The summed E-state index contributed by atoms with van der Waals surface area (Å²) in [6.45, 7) is 2.61. The summed E-state index contributed by atoms with van der Waals surface area (Å²) in [7, 11) is -3.41. The molecule has 0 aromatic carbocycles. The zero-order chi connectivity index (χ0) is 13.3. The number of piperidine rings is 1. The van der Waals surface area contributed by atoms with Gasteiger partial charge in [0.1, 0.15) is 4.21 Å². The summed E-state index contributed by atoms with van der Waals surface area (Å²) < 4.78 is 27.4. The Labute approximate surface area is 118 Å². The lowest BCUT2D eigenvalue weighted by Crippen LogP contribution is -2.38. The first-order valence-corrected chi connectivity index (χ1v) is 8.46. The van der Waals surface area contributed by atoms with Crippen LogP contribution in [0.3, 0.4) is 0 Å². The van der Waals surface area contributed by atoms with Crippen LogP contribution in [0.1, 0.15) is 18.4 Å². The van der Waals surface area contributed by atoms with Crippen molar-refractivity contribution in [2.24, 2.45) is 5.16 Å². The number of aryl methyl sites for hydroxylation is 1. The molecule has 1 aliphatic heterocycles. The molecule has 0 radical (unpaired) electrons. The maximum Gasteiger partial charge on any atom is 0.252 e. The van der Waals surface area contributed by atoms with Crippen LogP contribution in [-0.2, 0) is 10.0 Å². The molecule has 0 bridgehead atoms. The van der Waals surface area contributed by atoms with Gasteiger partial charge in [-0.25, -0.2) is 8.42 Å². The van der Waals surface area contributed by atoms with E-state index < -0.39 is 10.0 Å². The molecular weight excluding hydrogens is 340 g/mol. The third-order valence-corrected chi connectivity index (χ3v) is 7.35. The smallest absolute Gasteiger partial charge is 0.252 e. The molecule has 1 saturated heterocycles. The molecule has 0 aliphatic carbocycles. The lowest BCUT2D eigenvalue weighted by Gasteiger charge is -2.25. The normalized spacial score (nSPS) is 18.0. The molecule has 0 unspecified atom stereocenters. The van der Waals surface area contributed by atoms with Crippen LogP contribution in [0.25, 0.3) is 0 Å². The molecule has 2 heterocycles. The zero-order valence-electron chi connectivity index (χ0n) is 9.76. The second kappa shape index (κ2) is 5.28. The molecular formula is C10H13BrN2O3S2. The predicted molar refractivity (Wildman–Crippen MR) is 74.0 cm³/mol. The molecule has 100 valence electrons. The van der Waals surface area contributed by atoms with Crippen molar-refractivity contribution in [3.05, 3.63) is 15.4 Å². The number of halogens is 1. The average molecular weight is 353 g/mol. The minimum Gasteiger partial charge on any atom is -0.411 e. The first kappa shape index (κ1) is 14.0. The van der Waals surface area contributed by atoms with E-state index in [9.17, 15) is 8.42 Å². The molecule has 8 heteroatoms. The van der Waals surface area contributed by atoms with Gasteiger partial charge in [-0.3, -0.25) is 0 Å². The van der Waals surface area contributed by atoms with E-state index >= 15 is 0 Å². The average Bonchev–Trinajstić information content (AvgIpc) is 2.70. The van der Waals surface area contributed by atoms with Gasteiger partial charge in [-0.05, 0) is 34.5 Å². The van der Waals surface area contributed by atoms with E-state index in [1.165, 1.54) is 15.6 Å². The second-order valence-electron chi connectivity index (χ2n) is 4.09. The number of nitrogens with zero attached hydrogens (tertiary/aromatic N) is 2. The predicted octanol–water partition coefficient (Wildman–Crippen LogP) is 2.43. The van der Waals surface area contributed by atoms with E-state index in [0.717, 1.165) is 9.35 Å². The first-order valence-electron chi connectivity index (χ1n) is 5.41. The Morgan fingerprint density at radius 1 is 1.44 bits per heavy atom. The molecule has 5 nitrogen and oxygen atoms in total. The maximum absolute atomic E-state index is 12.4. The highest BCUT2D eigenvalue weighted by molar-refractivity contribution is 9.11. The van der Waals surface area contributed by atoms with Crippen molar-refractivity contribution in [2.75, 3.05) is 13.1 Å². The van der Waals surface area contributed by atoms with Gasteiger partial charge < -0.3 is 5.21 Å². The molecule has 1 fully saturated rings. The number of rotatable bonds is 2. The number of hydrogen-bond acceptors (Lipinski definition) is 5. The minimum atomic E-state index is -3.41. The Bertz CT molecular complexity index is 550. The van der Waals surface area contributed by atoms with Gasteiger partial charge in [-0.2, -0.15) is 4.31 Å². The van der Waals surface area contributed by atoms with Gasteiger partial charge >= 0.3 is 0 Å². The van der Waals surface area contributed by atoms with E-state index in [1.54, 1.807) is 6.07 Å². The third kappa shape index (κ3) is 2.61. The Morgan fingerprint density at radius 2 is 2.06 bits per heavy atom. The van der Waals surface area contributed by atoms with Crippen molar-refractivity contribution in [3.63, 3.8) is 0 Å². The Hall–Kier alpha value is -0.440. The second-order valence-corrected chi connectivity index (χ2v) is 8.63. The molecule has 1 aromatic heterocycles. The van der Waals surface area contributed by atoms with E-state index in [4.69, 9.17) is 5.21 Å². The lowest BCUT2D eigenvalue weighted by molar-refractivity contribution is 0.310. The summed E-state index contributed by atoms with van der Waals surface area (Å²) in [4.78, 5) is 0. The fraction of sp³-hybridized carbons (Fsp3) is 0.500. The number of sulfonamides is 1. The number of oxime groups is 1. The summed E-state index contributed by atoms with van der Waals surface area (Å²) >= 11 is 4.57. The first-order chi connectivity index (χ1) is 8.45. The molecule has 0 amide bonds. The quantitative estimate of drug-likeness (QED) is 0.656. The molecule has 1 aliphatic rings. The third-order valence-electron chi connectivity index (χ3n) is 2.87. The Morgan fingerprint density at radius 3 is 2.50 bits per heavy atom. The number of thiophene rings is 1. The van der Waals surface area contributed by atoms with Crippen LogP contribution in [0.4, 0.5) is 0 Å². The standard InChI is InChI=1S/C10H13BrN2O3S2/c1-7-6-9(17-10(7)11)18(15,16)13-4-2-8(12-14)3-5-13/h6,14H,2-5H2,1H3. The van der Waals surface area contributed by atoms with E-state index in [2.05, 4.69) is 21.1 Å². The zero-order valence-corrected chi connectivity index (χ0v) is 13.0. The van der Waals surface area contributed by atoms with E-state index in [1.807, 2.05) is 6.92 Å². The largest absolute Gasteiger partial charge is 0.411 e. The van der Waals surface area contributed by atoms with E-state index in [-0.39, 0.29) is 0 Å². The van der Waals surface area contributed by atoms with Crippen LogP contribution in [-0.4, -0.2) is 36.7 Å². The summed E-state index contributed by atoms with van der Waals surface area (Å²) in [5.74, 6) is 0. The van der Waals surface area contributed by atoms with Gasteiger partial charge in [0.25, 0.3) is 10.0 Å². The van der Waals surface area contributed by atoms with Crippen molar-refractivity contribution < 1.29 is 13.6 Å². The summed E-state index contributed by atoms with van der Waals surface area (Å²) in [5.41, 5.74) is 1.58. The highest BCUT2D eigenvalue weighted by Gasteiger charge is 2.29. The van der Waals surface area contributed by atoms with Crippen molar-refractivity contribution in [2.45, 2.75) is 24.0 Å². The summed E-state index contributed by atoms with van der Waals surface area (Å²) in [6, 6.07) is 1.68. The fourth-order valence-electron chi connectivity index (χ4n) is 1.77. The monoisotopic (exact) mass is 352 g/mol. The van der Waals surface area contributed by atoms with Gasteiger partial charge in [0, 0.05) is 25.9 Å². The molecule has 0 spiro atoms. The van der Waals surface area contributed by atoms with Crippen LogP contribution < -0.4 is 0 Å². The lowest BCUT2D eigenvalue weighted by atomic mass is 10.1. The Balaban J connectivity index is 2.22. The van der Waals surface area contributed by atoms with Crippen molar-refractivity contribution in [1.29, 1.82) is 0 Å². The molecule has 0 saturated carbocycles. The molecule has 0 atom stereocenters. The van der Waals surface area contributed by atoms with Gasteiger partial charge in [-0.15, -0.1) is 11.3 Å². The van der Waals surface area contributed by atoms with Gasteiger partial charge in [0.15, 0.2) is 0 Å². The van der Waals surface area contributed by atoms with Crippen molar-refractivity contribution >= 4 is 43.0 Å². The van der Waals surface area contributed by atoms with Crippen LogP contribution in [0, 0.1) is 6.92 Å². The highest BCUT2D eigenvalue weighted by Crippen LogP contribution is 2.32. The molecule has 1 N–H and O–H groups in total. The molecule has 18 heavy (non-hydrogen) atoms. The fourth-order valence-corrected chi connectivity index (χ4v) is 5.59. The Kier molecular flexibility index (Phi) is 4.10. The van der Waals surface area contributed by atoms with Gasteiger partial charge in [0.05, 0.1) is 9.50 Å². The summed E-state index contributed by atoms with van der Waals surface area (Å²) in [5, 5.41) is 11.8. The van der Waals surface area contributed by atoms with Crippen LogP contribution in [0.15, 0.2) is 19.2 Å². The number of hydrogen-bond donors (Lipinski definition) is 1. The van der Waals surface area contributed by atoms with Gasteiger partial charge in [0.2, 0.25) is 0 Å². The van der Waals surface area contributed by atoms with Crippen molar-refractivity contribution in [1.82, 2.24) is 4.31 Å². The molecule has 1 aromatic rings. The van der Waals surface area contributed by atoms with Crippen molar-refractivity contribution in [3.8, 4) is 0 Å². The SMILES string of the molecule is Cc1cc(S(=O)(=O)N2CCC(=NO)CC2)sc1Br. The maximum atomic E-state index is 12.4. The summed E-state index contributed by atoms with van der Waals surface area (Å²) in [6.07, 6.45) is 0.975. The van der Waals surface area contributed by atoms with Crippen LogP contribution in [0.5, 0.6) is 0 Å². The van der Waals surface area contributed by atoms with Crippen LogP contribution in [0.2, 0.25) is 0 Å². The topological polar surface area (TPSA) is 70.0 Å². The molecule has 2 rings (SSSR count). The van der Waals surface area contributed by atoms with E-state index in [0.29, 0.717) is 35.9 Å². The van der Waals surface area contributed by atoms with Crippen LogP contribution >= 0.6 is 27.3 Å².